The van der Waals surface area contributed by atoms with Gasteiger partial charge < -0.3 is 14.8 Å². The van der Waals surface area contributed by atoms with E-state index in [0.29, 0.717) is 6.04 Å². The van der Waals surface area contributed by atoms with Crippen LogP contribution >= 0.6 is 0 Å². The molecule has 0 aliphatic carbocycles. The van der Waals surface area contributed by atoms with Gasteiger partial charge in [-0.25, -0.2) is 0 Å². The summed E-state index contributed by atoms with van der Waals surface area (Å²) in [5.74, 6) is 0.766. The molecule has 3 unspecified atom stereocenters. The monoisotopic (exact) mass is 241 g/mol. The van der Waals surface area contributed by atoms with Crippen LogP contribution in [0, 0.1) is 5.92 Å². The van der Waals surface area contributed by atoms with Crippen molar-refractivity contribution in [3.63, 3.8) is 0 Å². The zero-order chi connectivity index (χ0) is 12.1. The maximum Gasteiger partial charge on any atom is 0.0939 e. The lowest BCUT2D eigenvalue weighted by Gasteiger charge is -2.40. The molecule has 3 heteroatoms. The molecule has 2 aliphatic heterocycles. The van der Waals surface area contributed by atoms with E-state index >= 15 is 0 Å². The van der Waals surface area contributed by atoms with Crippen LogP contribution in [0.3, 0.4) is 0 Å². The molecule has 2 aliphatic rings. The van der Waals surface area contributed by atoms with E-state index in [-0.39, 0.29) is 5.60 Å². The Morgan fingerprint density at radius 2 is 2.24 bits per heavy atom. The van der Waals surface area contributed by atoms with Gasteiger partial charge in [0.2, 0.25) is 0 Å². The molecule has 3 nitrogen and oxygen atoms in total. The average Bonchev–Trinajstić information content (AvgIpc) is 2.78. The minimum atomic E-state index is 0.0598. The highest BCUT2D eigenvalue weighted by Gasteiger charge is 2.42. The molecular weight excluding hydrogens is 214 g/mol. The van der Waals surface area contributed by atoms with Crippen molar-refractivity contribution in [1.82, 2.24) is 5.32 Å². The summed E-state index contributed by atoms with van der Waals surface area (Å²) in [7, 11) is 0. The van der Waals surface area contributed by atoms with E-state index in [0.717, 1.165) is 38.7 Å². The molecule has 0 aromatic rings. The SMILES string of the molecule is CCCNC(CC)C1CCOC2(CCOC2)C1. The molecule has 1 spiro atoms. The van der Waals surface area contributed by atoms with Crippen molar-refractivity contribution in [1.29, 1.82) is 0 Å². The van der Waals surface area contributed by atoms with Gasteiger partial charge in [-0.15, -0.1) is 0 Å². The Morgan fingerprint density at radius 3 is 2.88 bits per heavy atom. The molecular formula is C14H27NO2. The van der Waals surface area contributed by atoms with Crippen molar-refractivity contribution < 1.29 is 9.47 Å². The largest absolute Gasteiger partial charge is 0.378 e. The summed E-state index contributed by atoms with van der Waals surface area (Å²) >= 11 is 0. The third-order valence-electron chi connectivity index (χ3n) is 4.26. The van der Waals surface area contributed by atoms with Gasteiger partial charge in [0.25, 0.3) is 0 Å². The van der Waals surface area contributed by atoms with Crippen LogP contribution in [0.2, 0.25) is 0 Å². The van der Waals surface area contributed by atoms with Crippen molar-refractivity contribution in [2.45, 2.75) is 57.6 Å². The van der Waals surface area contributed by atoms with Crippen molar-refractivity contribution in [2.24, 2.45) is 5.92 Å². The molecule has 0 aromatic carbocycles. The normalized spacial score (nSPS) is 35.3. The lowest BCUT2D eigenvalue weighted by molar-refractivity contribution is -0.103. The summed E-state index contributed by atoms with van der Waals surface area (Å²) in [6.45, 7) is 8.27. The van der Waals surface area contributed by atoms with Crippen LogP contribution in [0.4, 0.5) is 0 Å². The van der Waals surface area contributed by atoms with Crippen LogP contribution in [-0.2, 0) is 9.47 Å². The number of hydrogen-bond acceptors (Lipinski definition) is 3. The van der Waals surface area contributed by atoms with Gasteiger partial charge in [0.15, 0.2) is 0 Å². The first-order valence-corrected chi connectivity index (χ1v) is 7.25. The van der Waals surface area contributed by atoms with E-state index in [9.17, 15) is 0 Å². The lowest BCUT2D eigenvalue weighted by atomic mass is 9.80. The van der Waals surface area contributed by atoms with Gasteiger partial charge in [0, 0.05) is 25.7 Å². The van der Waals surface area contributed by atoms with Crippen LogP contribution < -0.4 is 5.32 Å². The summed E-state index contributed by atoms with van der Waals surface area (Å²) < 4.78 is 11.5. The molecule has 100 valence electrons. The van der Waals surface area contributed by atoms with Crippen LogP contribution in [0.25, 0.3) is 0 Å². The summed E-state index contributed by atoms with van der Waals surface area (Å²) in [6.07, 6.45) is 5.92. The Morgan fingerprint density at radius 1 is 1.35 bits per heavy atom. The number of rotatable bonds is 5. The zero-order valence-electron chi connectivity index (χ0n) is 11.3. The van der Waals surface area contributed by atoms with E-state index < -0.39 is 0 Å². The molecule has 0 saturated carbocycles. The van der Waals surface area contributed by atoms with Crippen LogP contribution in [0.15, 0.2) is 0 Å². The second kappa shape index (κ2) is 6.17. The molecule has 0 aromatic heterocycles. The highest BCUT2D eigenvalue weighted by Crippen LogP contribution is 2.37. The first kappa shape index (κ1) is 13.3. The predicted molar refractivity (Wildman–Crippen MR) is 69.2 cm³/mol. The standard InChI is InChI=1S/C14H27NO2/c1-3-7-15-13(4-2)12-5-8-17-14(10-12)6-9-16-11-14/h12-13,15H,3-11H2,1-2H3. The zero-order valence-corrected chi connectivity index (χ0v) is 11.3. The van der Waals surface area contributed by atoms with Crippen molar-refractivity contribution >= 4 is 0 Å². The molecule has 0 radical (unpaired) electrons. The molecule has 2 fully saturated rings. The van der Waals surface area contributed by atoms with E-state index in [1.54, 1.807) is 0 Å². The van der Waals surface area contributed by atoms with Gasteiger partial charge in [-0.2, -0.15) is 0 Å². The number of ether oxygens (including phenoxy) is 2. The lowest BCUT2D eigenvalue weighted by Crippen LogP contribution is -2.47. The maximum atomic E-state index is 6.00. The number of hydrogen-bond donors (Lipinski definition) is 1. The summed E-state index contributed by atoms with van der Waals surface area (Å²) in [5.41, 5.74) is 0.0598. The Bertz CT molecular complexity index is 226. The molecule has 0 amide bonds. The summed E-state index contributed by atoms with van der Waals surface area (Å²) in [5, 5.41) is 3.70. The minimum Gasteiger partial charge on any atom is -0.378 e. The highest BCUT2D eigenvalue weighted by atomic mass is 16.6. The summed E-state index contributed by atoms with van der Waals surface area (Å²) in [6, 6.07) is 0.663. The molecule has 2 saturated heterocycles. The first-order chi connectivity index (χ1) is 8.29. The third kappa shape index (κ3) is 3.21. The Balaban J connectivity index is 1.90. The van der Waals surface area contributed by atoms with E-state index in [2.05, 4.69) is 19.2 Å². The predicted octanol–water partition coefficient (Wildman–Crippen LogP) is 2.35. The van der Waals surface area contributed by atoms with Gasteiger partial charge in [-0.05, 0) is 38.1 Å². The molecule has 1 N–H and O–H groups in total. The summed E-state index contributed by atoms with van der Waals surface area (Å²) in [4.78, 5) is 0. The Kier molecular flexibility index (Phi) is 4.83. The van der Waals surface area contributed by atoms with Crippen LogP contribution in [0.1, 0.15) is 46.0 Å². The van der Waals surface area contributed by atoms with E-state index in [1.165, 1.54) is 25.7 Å². The number of nitrogens with one attached hydrogen (secondary N) is 1. The van der Waals surface area contributed by atoms with Gasteiger partial charge in [-0.3, -0.25) is 0 Å². The Labute approximate surface area is 105 Å². The molecule has 0 bridgehead atoms. The fourth-order valence-electron chi connectivity index (χ4n) is 3.25. The van der Waals surface area contributed by atoms with Crippen molar-refractivity contribution in [3.05, 3.63) is 0 Å². The van der Waals surface area contributed by atoms with Crippen molar-refractivity contribution in [3.8, 4) is 0 Å². The fraction of sp³-hybridized carbons (Fsp3) is 1.00. The van der Waals surface area contributed by atoms with Crippen LogP contribution in [-0.4, -0.2) is 38.0 Å². The van der Waals surface area contributed by atoms with Crippen LogP contribution in [0.5, 0.6) is 0 Å². The fourth-order valence-corrected chi connectivity index (χ4v) is 3.25. The quantitative estimate of drug-likeness (QED) is 0.801. The second-order valence-corrected chi connectivity index (χ2v) is 5.56. The second-order valence-electron chi connectivity index (χ2n) is 5.56. The minimum absolute atomic E-state index is 0.0598. The Hall–Kier alpha value is -0.120. The molecule has 3 atom stereocenters. The average molecular weight is 241 g/mol. The van der Waals surface area contributed by atoms with Gasteiger partial charge in [0.1, 0.15) is 0 Å². The highest BCUT2D eigenvalue weighted by molar-refractivity contribution is 4.93. The van der Waals surface area contributed by atoms with Gasteiger partial charge in [-0.1, -0.05) is 13.8 Å². The molecule has 17 heavy (non-hydrogen) atoms. The molecule has 2 rings (SSSR count). The van der Waals surface area contributed by atoms with Gasteiger partial charge in [0.05, 0.1) is 12.2 Å². The smallest absolute Gasteiger partial charge is 0.0939 e. The van der Waals surface area contributed by atoms with Gasteiger partial charge >= 0.3 is 0 Å². The first-order valence-electron chi connectivity index (χ1n) is 7.25. The van der Waals surface area contributed by atoms with E-state index in [4.69, 9.17) is 9.47 Å². The molecule has 2 heterocycles. The third-order valence-corrected chi connectivity index (χ3v) is 4.26. The topological polar surface area (TPSA) is 30.5 Å². The van der Waals surface area contributed by atoms with E-state index in [1.807, 2.05) is 0 Å². The van der Waals surface area contributed by atoms with Crippen molar-refractivity contribution in [2.75, 3.05) is 26.4 Å². The maximum absolute atomic E-state index is 6.00.